The molecular formula is C19H32IN3O2. The molecule has 142 valence electrons. The molecule has 6 heteroatoms. The highest BCUT2D eigenvalue weighted by atomic mass is 127. The molecule has 0 saturated carbocycles. The summed E-state index contributed by atoms with van der Waals surface area (Å²) in [5, 5.41) is 3.34. The first-order valence-electron chi connectivity index (χ1n) is 8.77. The van der Waals surface area contributed by atoms with E-state index in [1.54, 1.807) is 0 Å². The van der Waals surface area contributed by atoms with Crippen molar-refractivity contribution < 1.29 is 9.53 Å². The van der Waals surface area contributed by atoms with E-state index < -0.39 is 0 Å². The SMILES string of the molecule is CCNC(=NCCCCCCC(=O)OC)N(C)Cc1ccccc1.I. The molecule has 0 unspecified atom stereocenters. The number of hydrogen-bond acceptors (Lipinski definition) is 3. The van der Waals surface area contributed by atoms with E-state index in [2.05, 4.69) is 53.2 Å². The molecule has 5 nitrogen and oxygen atoms in total. The van der Waals surface area contributed by atoms with Gasteiger partial charge in [0.05, 0.1) is 7.11 Å². The van der Waals surface area contributed by atoms with Crippen LogP contribution in [0.1, 0.15) is 44.6 Å². The van der Waals surface area contributed by atoms with Crippen LogP contribution in [0.4, 0.5) is 0 Å². The van der Waals surface area contributed by atoms with Crippen LogP contribution in [0, 0.1) is 0 Å². The number of nitrogens with zero attached hydrogens (tertiary/aromatic N) is 2. The van der Waals surface area contributed by atoms with Crippen molar-refractivity contribution in [1.82, 2.24) is 10.2 Å². The van der Waals surface area contributed by atoms with Crippen LogP contribution in [0.2, 0.25) is 0 Å². The Morgan fingerprint density at radius 3 is 2.48 bits per heavy atom. The number of carbonyl (C=O) groups excluding carboxylic acids is 1. The minimum atomic E-state index is -0.120. The van der Waals surface area contributed by atoms with Gasteiger partial charge in [-0.25, -0.2) is 0 Å². The maximum atomic E-state index is 11.0. The van der Waals surface area contributed by atoms with Crippen LogP contribution in [0.3, 0.4) is 0 Å². The van der Waals surface area contributed by atoms with E-state index in [1.165, 1.54) is 12.7 Å². The van der Waals surface area contributed by atoms with Crippen LogP contribution in [0.5, 0.6) is 0 Å². The maximum Gasteiger partial charge on any atom is 0.305 e. The lowest BCUT2D eigenvalue weighted by Gasteiger charge is -2.22. The number of carbonyl (C=O) groups is 1. The standard InChI is InChI=1S/C19H31N3O2.HI/c1-4-20-19(22(2)16-17-12-8-7-9-13-17)21-15-11-6-5-10-14-18(23)24-3;/h7-9,12-13H,4-6,10-11,14-16H2,1-3H3,(H,20,21);1H. The monoisotopic (exact) mass is 461 g/mol. The third-order valence-electron chi connectivity index (χ3n) is 3.74. The second kappa shape index (κ2) is 15.0. The van der Waals surface area contributed by atoms with Crippen molar-refractivity contribution in [1.29, 1.82) is 0 Å². The number of benzene rings is 1. The largest absolute Gasteiger partial charge is 0.469 e. The molecule has 1 aromatic carbocycles. The number of rotatable bonds is 10. The van der Waals surface area contributed by atoms with E-state index in [4.69, 9.17) is 4.99 Å². The number of aliphatic imine (C=N–C) groups is 1. The second-order valence-corrected chi connectivity index (χ2v) is 5.82. The van der Waals surface area contributed by atoms with Gasteiger partial charge >= 0.3 is 5.97 Å². The Kier molecular flexibility index (Phi) is 14.2. The Morgan fingerprint density at radius 2 is 1.84 bits per heavy atom. The van der Waals surface area contributed by atoms with Gasteiger partial charge in [0.15, 0.2) is 5.96 Å². The molecule has 0 aliphatic heterocycles. The number of unbranched alkanes of at least 4 members (excludes halogenated alkanes) is 3. The number of guanidine groups is 1. The summed E-state index contributed by atoms with van der Waals surface area (Å²) in [5.41, 5.74) is 1.27. The molecule has 0 amide bonds. The van der Waals surface area contributed by atoms with Gasteiger partial charge in [0.1, 0.15) is 0 Å². The zero-order chi connectivity index (χ0) is 17.6. The molecule has 0 spiro atoms. The normalized spacial score (nSPS) is 10.8. The predicted molar refractivity (Wildman–Crippen MR) is 114 cm³/mol. The lowest BCUT2D eigenvalue weighted by atomic mass is 10.1. The van der Waals surface area contributed by atoms with Crippen LogP contribution >= 0.6 is 24.0 Å². The van der Waals surface area contributed by atoms with Crippen molar-refractivity contribution in [3.05, 3.63) is 35.9 Å². The molecule has 0 aliphatic rings. The molecule has 0 fully saturated rings. The smallest absolute Gasteiger partial charge is 0.305 e. The van der Waals surface area contributed by atoms with Gasteiger partial charge in [0.2, 0.25) is 0 Å². The van der Waals surface area contributed by atoms with E-state index >= 15 is 0 Å². The van der Waals surface area contributed by atoms with Gasteiger partial charge in [-0.1, -0.05) is 43.2 Å². The fourth-order valence-electron chi connectivity index (χ4n) is 2.42. The average molecular weight is 461 g/mol. The van der Waals surface area contributed by atoms with Gasteiger partial charge in [-0.2, -0.15) is 0 Å². The Labute approximate surface area is 169 Å². The highest BCUT2D eigenvalue weighted by molar-refractivity contribution is 14.0. The summed E-state index contributed by atoms with van der Waals surface area (Å²) >= 11 is 0. The topological polar surface area (TPSA) is 53.9 Å². The molecule has 0 saturated heterocycles. The first-order chi connectivity index (χ1) is 11.7. The van der Waals surface area contributed by atoms with Crippen molar-refractivity contribution in [2.75, 3.05) is 27.2 Å². The number of ether oxygens (including phenoxy) is 1. The van der Waals surface area contributed by atoms with Crippen molar-refractivity contribution >= 4 is 35.9 Å². The van der Waals surface area contributed by atoms with Gasteiger partial charge in [-0.3, -0.25) is 9.79 Å². The average Bonchev–Trinajstić information content (AvgIpc) is 2.60. The summed E-state index contributed by atoms with van der Waals surface area (Å²) in [5.74, 6) is 0.820. The molecule has 0 heterocycles. The van der Waals surface area contributed by atoms with Crippen LogP contribution in [-0.4, -0.2) is 44.1 Å². The van der Waals surface area contributed by atoms with Gasteiger partial charge in [-0.15, -0.1) is 24.0 Å². The van der Waals surface area contributed by atoms with Gasteiger partial charge in [0, 0.05) is 33.1 Å². The predicted octanol–water partition coefficient (Wildman–Crippen LogP) is 3.83. The summed E-state index contributed by atoms with van der Waals surface area (Å²) in [6, 6.07) is 10.4. The Hall–Kier alpha value is -1.31. The van der Waals surface area contributed by atoms with Gasteiger partial charge in [0.25, 0.3) is 0 Å². The molecule has 25 heavy (non-hydrogen) atoms. The Bertz CT molecular complexity index is 495. The summed E-state index contributed by atoms with van der Waals surface area (Å²) in [4.78, 5) is 17.9. The van der Waals surface area contributed by atoms with E-state index in [0.717, 1.165) is 51.3 Å². The van der Waals surface area contributed by atoms with E-state index in [1.807, 2.05) is 6.07 Å². The zero-order valence-corrected chi connectivity index (χ0v) is 18.0. The second-order valence-electron chi connectivity index (χ2n) is 5.82. The van der Waals surface area contributed by atoms with E-state index in [0.29, 0.717) is 6.42 Å². The summed E-state index contributed by atoms with van der Waals surface area (Å²) in [6.07, 6.45) is 4.57. The summed E-state index contributed by atoms with van der Waals surface area (Å²) in [6.45, 7) is 4.58. The number of esters is 1. The molecule has 0 bridgehead atoms. The minimum absolute atomic E-state index is 0. The lowest BCUT2D eigenvalue weighted by Crippen LogP contribution is -2.38. The minimum Gasteiger partial charge on any atom is -0.469 e. The first kappa shape index (κ1) is 23.7. The van der Waals surface area contributed by atoms with Crippen LogP contribution < -0.4 is 5.32 Å². The molecule has 0 aliphatic carbocycles. The van der Waals surface area contributed by atoms with Gasteiger partial charge in [-0.05, 0) is 25.3 Å². The molecule has 0 aromatic heterocycles. The fourth-order valence-corrected chi connectivity index (χ4v) is 2.42. The highest BCUT2D eigenvalue weighted by Gasteiger charge is 2.06. The third-order valence-corrected chi connectivity index (χ3v) is 3.74. The molecule has 1 rings (SSSR count). The highest BCUT2D eigenvalue weighted by Crippen LogP contribution is 2.05. The first-order valence-corrected chi connectivity index (χ1v) is 8.77. The van der Waals surface area contributed by atoms with Crippen LogP contribution in [0.25, 0.3) is 0 Å². The van der Waals surface area contributed by atoms with Gasteiger partial charge < -0.3 is 15.0 Å². The summed E-state index contributed by atoms with van der Waals surface area (Å²) < 4.78 is 4.64. The lowest BCUT2D eigenvalue weighted by molar-refractivity contribution is -0.140. The van der Waals surface area contributed by atoms with E-state index in [-0.39, 0.29) is 29.9 Å². The number of methoxy groups -OCH3 is 1. The number of nitrogens with one attached hydrogen (secondary N) is 1. The number of halogens is 1. The molecule has 1 N–H and O–H groups in total. The Balaban J connectivity index is 0.00000576. The fraction of sp³-hybridized carbons (Fsp3) is 0.579. The van der Waals surface area contributed by atoms with Crippen molar-refractivity contribution in [3.63, 3.8) is 0 Å². The zero-order valence-electron chi connectivity index (χ0n) is 15.7. The third kappa shape index (κ3) is 11.0. The molecule has 1 aromatic rings. The summed E-state index contributed by atoms with van der Waals surface area (Å²) in [7, 11) is 3.50. The van der Waals surface area contributed by atoms with Crippen LogP contribution in [0.15, 0.2) is 35.3 Å². The molecule has 0 atom stereocenters. The maximum absolute atomic E-state index is 11.0. The Morgan fingerprint density at radius 1 is 1.16 bits per heavy atom. The molecular weight excluding hydrogens is 429 g/mol. The van der Waals surface area contributed by atoms with Crippen molar-refractivity contribution in [2.24, 2.45) is 4.99 Å². The molecule has 0 radical (unpaired) electrons. The quantitative estimate of drug-likeness (QED) is 0.189. The van der Waals surface area contributed by atoms with Crippen molar-refractivity contribution in [2.45, 2.75) is 45.6 Å². The van der Waals surface area contributed by atoms with Crippen molar-refractivity contribution in [3.8, 4) is 0 Å². The van der Waals surface area contributed by atoms with Crippen LogP contribution in [-0.2, 0) is 16.1 Å². The number of hydrogen-bond donors (Lipinski definition) is 1. The van der Waals surface area contributed by atoms with E-state index in [9.17, 15) is 4.79 Å².